The van der Waals surface area contributed by atoms with Crippen molar-refractivity contribution in [1.29, 1.82) is 5.26 Å². The van der Waals surface area contributed by atoms with Crippen LogP contribution in [0.2, 0.25) is 10.0 Å². The third kappa shape index (κ3) is 3.67. The van der Waals surface area contributed by atoms with Crippen molar-refractivity contribution in [2.45, 2.75) is 6.10 Å². The summed E-state index contributed by atoms with van der Waals surface area (Å²) in [6.07, 6.45) is 0.334. The summed E-state index contributed by atoms with van der Waals surface area (Å²) in [5.74, 6) is 0.218. The van der Waals surface area contributed by atoms with Crippen LogP contribution < -0.4 is 10.3 Å². The molecule has 10 heteroatoms. The molecule has 0 fully saturated rings. The van der Waals surface area contributed by atoms with Crippen molar-refractivity contribution < 1.29 is 9.84 Å². The Kier molecular flexibility index (Phi) is 4.94. The molecule has 0 saturated heterocycles. The second-order valence-electron chi connectivity index (χ2n) is 6.04. The van der Waals surface area contributed by atoms with Gasteiger partial charge in [-0.15, -0.1) is 0 Å². The maximum Gasteiger partial charge on any atom is 0.270 e. The molecule has 29 heavy (non-hydrogen) atoms. The van der Waals surface area contributed by atoms with E-state index >= 15 is 0 Å². The number of ether oxygens (including phenoxy) is 1. The molecule has 0 aliphatic carbocycles. The van der Waals surface area contributed by atoms with Crippen LogP contribution in [0.4, 0.5) is 0 Å². The van der Waals surface area contributed by atoms with Gasteiger partial charge in [0.2, 0.25) is 0 Å². The molecule has 0 saturated carbocycles. The van der Waals surface area contributed by atoms with Crippen molar-refractivity contribution in [3.63, 3.8) is 0 Å². The molecule has 0 aliphatic heterocycles. The smallest absolute Gasteiger partial charge is 0.270 e. The number of pyridine rings is 2. The number of H-pyrrole nitrogens is 2. The molecule has 144 valence electrons. The zero-order valence-corrected chi connectivity index (χ0v) is 16.0. The number of hydrogen-bond acceptors (Lipinski definition) is 6. The van der Waals surface area contributed by atoms with Gasteiger partial charge >= 0.3 is 0 Å². The standard InChI is InChI=1S/C19H11Cl2N5O3/c20-10-4-9(8-22)5-11(6-10)29-14-7-13(24-19(28)15(14)21)17(27)16-12-2-1-3-23-18(12)26-25-16/h1-7,17,27H,(H,24,28)(H,23,25,26). The topological polar surface area (TPSA) is 128 Å². The Bertz CT molecular complexity index is 1330. The highest BCUT2D eigenvalue weighted by atomic mass is 35.5. The lowest BCUT2D eigenvalue weighted by atomic mass is 10.1. The van der Waals surface area contributed by atoms with E-state index in [0.29, 0.717) is 16.7 Å². The molecular weight excluding hydrogens is 417 g/mol. The van der Waals surface area contributed by atoms with E-state index in [9.17, 15) is 9.90 Å². The number of fused-ring (bicyclic) bond motifs is 1. The minimum atomic E-state index is -1.24. The highest BCUT2D eigenvalue weighted by molar-refractivity contribution is 6.32. The molecule has 0 spiro atoms. The van der Waals surface area contributed by atoms with Gasteiger partial charge in [-0.2, -0.15) is 10.4 Å². The summed E-state index contributed by atoms with van der Waals surface area (Å²) in [5.41, 5.74) is 0.544. The van der Waals surface area contributed by atoms with Gasteiger partial charge in [-0.25, -0.2) is 4.98 Å². The monoisotopic (exact) mass is 427 g/mol. The molecule has 0 radical (unpaired) electrons. The van der Waals surface area contributed by atoms with Crippen molar-refractivity contribution in [2.75, 3.05) is 0 Å². The van der Waals surface area contributed by atoms with E-state index in [1.165, 1.54) is 24.3 Å². The van der Waals surface area contributed by atoms with E-state index in [-0.39, 0.29) is 32.8 Å². The van der Waals surface area contributed by atoms with Crippen LogP contribution in [-0.2, 0) is 0 Å². The van der Waals surface area contributed by atoms with Gasteiger partial charge in [-0.05, 0) is 30.3 Å². The summed E-state index contributed by atoms with van der Waals surface area (Å²) in [4.78, 5) is 18.9. The van der Waals surface area contributed by atoms with Crippen LogP contribution in [0.1, 0.15) is 23.1 Å². The predicted molar refractivity (Wildman–Crippen MR) is 106 cm³/mol. The number of rotatable bonds is 4. The van der Waals surface area contributed by atoms with Gasteiger partial charge in [0, 0.05) is 22.7 Å². The minimum Gasteiger partial charge on any atom is -0.455 e. The highest BCUT2D eigenvalue weighted by Crippen LogP contribution is 2.32. The molecule has 8 nitrogen and oxygen atoms in total. The summed E-state index contributed by atoms with van der Waals surface area (Å²) in [6, 6.07) is 11.2. The third-order valence-electron chi connectivity index (χ3n) is 4.12. The third-order valence-corrected chi connectivity index (χ3v) is 4.69. The molecular formula is C19H11Cl2N5O3. The van der Waals surface area contributed by atoms with Crippen molar-refractivity contribution in [3.8, 4) is 17.6 Å². The molecule has 4 aromatic rings. The number of benzene rings is 1. The van der Waals surface area contributed by atoms with Gasteiger partial charge in [-0.1, -0.05) is 23.2 Å². The van der Waals surface area contributed by atoms with Crippen LogP contribution in [-0.4, -0.2) is 25.3 Å². The Morgan fingerprint density at radius 1 is 1.24 bits per heavy atom. The summed E-state index contributed by atoms with van der Waals surface area (Å²) >= 11 is 12.1. The van der Waals surface area contributed by atoms with Crippen LogP contribution in [0.25, 0.3) is 11.0 Å². The number of aliphatic hydroxyl groups excluding tert-OH is 1. The van der Waals surface area contributed by atoms with E-state index < -0.39 is 11.7 Å². The number of hydrogen-bond donors (Lipinski definition) is 3. The fourth-order valence-electron chi connectivity index (χ4n) is 2.81. The van der Waals surface area contributed by atoms with Gasteiger partial charge in [0.15, 0.2) is 11.4 Å². The van der Waals surface area contributed by atoms with Crippen LogP contribution in [0.5, 0.6) is 11.5 Å². The SMILES string of the molecule is N#Cc1cc(Cl)cc(Oc2cc(C(O)c3[nH]nc4ncccc34)[nH]c(=O)c2Cl)c1. The highest BCUT2D eigenvalue weighted by Gasteiger charge is 2.21. The molecule has 1 unspecified atom stereocenters. The largest absolute Gasteiger partial charge is 0.455 e. The zero-order valence-electron chi connectivity index (χ0n) is 14.5. The summed E-state index contributed by atoms with van der Waals surface area (Å²) in [6.45, 7) is 0. The number of nitriles is 1. The van der Waals surface area contributed by atoms with Crippen molar-refractivity contribution in [2.24, 2.45) is 0 Å². The summed E-state index contributed by atoms with van der Waals surface area (Å²) < 4.78 is 5.67. The van der Waals surface area contributed by atoms with Crippen LogP contribution in [0, 0.1) is 11.3 Å². The Hall–Kier alpha value is -3.38. The lowest BCUT2D eigenvalue weighted by molar-refractivity contribution is 0.211. The number of nitrogens with one attached hydrogen (secondary N) is 2. The fraction of sp³-hybridized carbons (Fsp3) is 0.0526. The number of aromatic amines is 2. The molecule has 0 bridgehead atoms. The summed E-state index contributed by atoms with van der Waals surface area (Å²) in [5, 5.41) is 27.3. The van der Waals surface area contributed by atoms with E-state index in [0.717, 1.165) is 0 Å². The number of aliphatic hydroxyl groups is 1. The normalized spacial score (nSPS) is 11.9. The second-order valence-corrected chi connectivity index (χ2v) is 6.85. The quantitative estimate of drug-likeness (QED) is 0.455. The first kappa shape index (κ1) is 19.0. The Balaban J connectivity index is 1.75. The first-order valence-electron chi connectivity index (χ1n) is 8.24. The van der Waals surface area contributed by atoms with Crippen molar-refractivity contribution >= 4 is 34.2 Å². The second kappa shape index (κ2) is 7.56. The first-order chi connectivity index (χ1) is 14.0. The molecule has 3 heterocycles. The molecule has 0 amide bonds. The average Bonchev–Trinajstić information content (AvgIpc) is 3.14. The van der Waals surface area contributed by atoms with Gasteiger partial charge < -0.3 is 14.8 Å². The van der Waals surface area contributed by atoms with Gasteiger partial charge in [-0.3, -0.25) is 9.89 Å². The van der Waals surface area contributed by atoms with Crippen LogP contribution in [0.15, 0.2) is 47.4 Å². The molecule has 4 rings (SSSR count). The number of nitrogens with zero attached hydrogens (tertiary/aromatic N) is 3. The lowest BCUT2D eigenvalue weighted by Gasteiger charge is -2.13. The van der Waals surface area contributed by atoms with E-state index in [1.54, 1.807) is 18.3 Å². The predicted octanol–water partition coefficient (Wildman–Crippen LogP) is 3.70. The minimum absolute atomic E-state index is 0.00225. The average molecular weight is 428 g/mol. The van der Waals surface area contributed by atoms with E-state index in [4.69, 9.17) is 33.2 Å². The van der Waals surface area contributed by atoms with Gasteiger partial charge in [0.25, 0.3) is 5.56 Å². The Morgan fingerprint density at radius 2 is 2.07 bits per heavy atom. The van der Waals surface area contributed by atoms with Crippen molar-refractivity contribution in [1.82, 2.24) is 20.2 Å². The molecule has 1 atom stereocenters. The van der Waals surface area contributed by atoms with Crippen molar-refractivity contribution in [3.05, 3.63) is 79.9 Å². The van der Waals surface area contributed by atoms with Crippen LogP contribution in [0.3, 0.4) is 0 Å². The lowest BCUT2D eigenvalue weighted by Crippen LogP contribution is -2.14. The van der Waals surface area contributed by atoms with Gasteiger partial charge in [0.1, 0.15) is 16.9 Å². The maximum absolute atomic E-state index is 12.3. The molecule has 1 aromatic carbocycles. The van der Waals surface area contributed by atoms with Crippen LogP contribution >= 0.6 is 23.2 Å². The maximum atomic E-state index is 12.3. The first-order valence-corrected chi connectivity index (χ1v) is 9.00. The number of halogens is 2. The molecule has 0 aliphatic rings. The molecule has 3 aromatic heterocycles. The van der Waals surface area contributed by atoms with E-state index in [2.05, 4.69) is 20.2 Å². The molecule has 3 N–H and O–H groups in total. The zero-order chi connectivity index (χ0) is 20.5. The Labute approximate surface area is 173 Å². The number of aromatic nitrogens is 4. The van der Waals surface area contributed by atoms with E-state index in [1.807, 2.05) is 6.07 Å². The fourth-order valence-corrected chi connectivity index (χ4v) is 3.17. The summed E-state index contributed by atoms with van der Waals surface area (Å²) in [7, 11) is 0. The Morgan fingerprint density at radius 3 is 2.86 bits per heavy atom. The van der Waals surface area contributed by atoms with Gasteiger partial charge in [0.05, 0.1) is 23.0 Å².